The summed E-state index contributed by atoms with van der Waals surface area (Å²) in [6, 6.07) is 10.0. The second-order valence-corrected chi connectivity index (χ2v) is 7.93. The highest BCUT2D eigenvalue weighted by Crippen LogP contribution is 2.37. The Kier molecular flexibility index (Phi) is 9.68. The number of benzene rings is 1. The SMILES string of the molecule is O=C(O)CCCCCC[C@@H]1[C@@H](C=C[C@@H](O)CCc2ccccc2)[C@H](O)C[C@@H]1O. The van der Waals surface area contributed by atoms with Gasteiger partial charge in [-0.3, -0.25) is 4.79 Å². The highest BCUT2D eigenvalue weighted by atomic mass is 16.4. The number of unbranched alkanes of at least 4 members (excludes halogenated alkanes) is 3. The van der Waals surface area contributed by atoms with E-state index in [4.69, 9.17) is 5.11 Å². The van der Waals surface area contributed by atoms with Gasteiger partial charge in [0.15, 0.2) is 0 Å². The van der Waals surface area contributed by atoms with Gasteiger partial charge in [-0.1, -0.05) is 61.7 Å². The van der Waals surface area contributed by atoms with Crippen LogP contribution >= 0.6 is 0 Å². The molecule has 2 rings (SSSR count). The molecule has 156 valence electrons. The van der Waals surface area contributed by atoms with Gasteiger partial charge in [0.05, 0.1) is 18.3 Å². The van der Waals surface area contributed by atoms with E-state index in [1.807, 2.05) is 36.4 Å². The monoisotopic (exact) mass is 390 g/mol. The zero-order valence-corrected chi connectivity index (χ0v) is 16.5. The Balaban J connectivity index is 1.76. The molecule has 1 saturated carbocycles. The third-order valence-electron chi connectivity index (χ3n) is 5.72. The van der Waals surface area contributed by atoms with Crippen molar-refractivity contribution in [2.45, 2.75) is 76.1 Å². The molecule has 1 fully saturated rings. The van der Waals surface area contributed by atoms with Gasteiger partial charge in [0, 0.05) is 18.8 Å². The maximum atomic E-state index is 10.5. The lowest BCUT2D eigenvalue weighted by Crippen LogP contribution is -2.21. The standard InChI is InChI=1S/C23H34O5/c24-18(13-12-17-8-4-3-5-9-17)14-15-20-19(21(25)16-22(20)26)10-6-1-2-7-11-23(27)28/h3-5,8-9,14-15,18-22,24-26H,1-2,6-7,10-13,16H2,(H,27,28)/t18-,19+,20+,21-,22+/m0/s1. The summed E-state index contributed by atoms with van der Waals surface area (Å²) >= 11 is 0. The molecule has 0 heterocycles. The number of aryl methyl sites for hydroxylation is 1. The Morgan fingerprint density at radius 1 is 1.07 bits per heavy atom. The van der Waals surface area contributed by atoms with Gasteiger partial charge >= 0.3 is 5.97 Å². The molecule has 0 amide bonds. The topological polar surface area (TPSA) is 98.0 Å². The van der Waals surface area contributed by atoms with Crippen molar-refractivity contribution in [3.8, 4) is 0 Å². The van der Waals surface area contributed by atoms with Crippen LogP contribution in [-0.4, -0.2) is 44.7 Å². The molecule has 5 nitrogen and oxygen atoms in total. The molecule has 0 bridgehead atoms. The van der Waals surface area contributed by atoms with Crippen LogP contribution in [0.3, 0.4) is 0 Å². The van der Waals surface area contributed by atoms with Crippen LogP contribution in [0.4, 0.5) is 0 Å². The van der Waals surface area contributed by atoms with Crippen molar-refractivity contribution < 1.29 is 25.2 Å². The van der Waals surface area contributed by atoms with E-state index in [0.29, 0.717) is 19.3 Å². The van der Waals surface area contributed by atoms with Gasteiger partial charge in [-0.05, 0) is 37.2 Å². The molecule has 5 heteroatoms. The second-order valence-electron chi connectivity index (χ2n) is 7.93. The summed E-state index contributed by atoms with van der Waals surface area (Å²) in [6.07, 6.45) is 8.17. The van der Waals surface area contributed by atoms with Crippen molar-refractivity contribution in [1.29, 1.82) is 0 Å². The molecule has 0 aliphatic heterocycles. The maximum Gasteiger partial charge on any atom is 0.303 e. The number of carboxylic acids is 1. The zero-order valence-electron chi connectivity index (χ0n) is 16.5. The molecular formula is C23H34O5. The van der Waals surface area contributed by atoms with Crippen molar-refractivity contribution in [2.24, 2.45) is 11.8 Å². The van der Waals surface area contributed by atoms with Crippen molar-refractivity contribution in [3.05, 3.63) is 48.0 Å². The van der Waals surface area contributed by atoms with E-state index in [2.05, 4.69) is 0 Å². The van der Waals surface area contributed by atoms with Crippen LogP contribution in [0, 0.1) is 11.8 Å². The highest BCUT2D eigenvalue weighted by Gasteiger charge is 2.39. The first kappa shape index (κ1) is 22.6. The number of hydrogen-bond acceptors (Lipinski definition) is 4. The van der Waals surface area contributed by atoms with Crippen LogP contribution in [0.25, 0.3) is 0 Å². The first-order valence-corrected chi connectivity index (χ1v) is 10.5. The van der Waals surface area contributed by atoms with Gasteiger partial charge < -0.3 is 20.4 Å². The lowest BCUT2D eigenvalue weighted by Gasteiger charge is -2.21. The number of hydrogen-bond donors (Lipinski definition) is 4. The quantitative estimate of drug-likeness (QED) is 0.324. The number of carbonyl (C=O) groups is 1. The fourth-order valence-corrected chi connectivity index (χ4v) is 4.10. The average Bonchev–Trinajstić information content (AvgIpc) is 2.94. The first-order valence-electron chi connectivity index (χ1n) is 10.5. The van der Waals surface area contributed by atoms with Crippen LogP contribution in [0.15, 0.2) is 42.5 Å². The third-order valence-corrected chi connectivity index (χ3v) is 5.72. The van der Waals surface area contributed by atoms with Crippen LogP contribution in [0.2, 0.25) is 0 Å². The molecular weight excluding hydrogens is 356 g/mol. The Morgan fingerprint density at radius 2 is 1.79 bits per heavy atom. The predicted molar refractivity (Wildman–Crippen MR) is 109 cm³/mol. The largest absolute Gasteiger partial charge is 0.481 e. The van der Waals surface area contributed by atoms with E-state index in [1.54, 1.807) is 6.08 Å². The van der Waals surface area contributed by atoms with Gasteiger partial charge in [0.2, 0.25) is 0 Å². The minimum Gasteiger partial charge on any atom is -0.481 e. The number of aliphatic hydroxyl groups excluding tert-OH is 3. The summed E-state index contributed by atoms with van der Waals surface area (Å²) in [5, 5.41) is 39.5. The second kappa shape index (κ2) is 12.0. The van der Waals surface area contributed by atoms with Crippen LogP contribution in [-0.2, 0) is 11.2 Å². The molecule has 5 atom stereocenters. The fraction of sp³-hybridized carbons (Fsp3) is 0.609. The van der Waals surface area contributed by atoms with Crippen LogP contribution < -0.4 is 0 Å². The summed E-state index contributed by atoms with van der Waals surface area (Å²) in [5.41, 5.74) is 1.19. The molecule has 4 N–H and O–H groups in total. The van der Waals surface area contributed by atoms with E-state index in [1.165, 1.54) is 5.56 Å². The number of carboxylic acid groups (broad SMARTS) is 1. The van der Waals surface area contributed by atoms with Crippen molar-refractivity contribution >= 4 is 5.97 Å². The molecule has 0 radical (unpaired) electrons. The van der Waals surface area contributed by atoms with E-state index >= 15 is 0 Å². The number of aliphatic hydroxyl groups is 3. The van der Waals surface area contributed by atoms with E-state index in [9.17, 15) is 20.1 Å². The molecule has 0 saturated heterocycles. The van der Waals surface area contributed by atoms with Crippen molar-refractivity contribution in [3.63, 3.8) is 0 Å². The molecule has 1 aliphatic carbocycles. The summed E-state index contributed by atoms with van der Waals surface area (Å²) in [5.74, 6) is -0.905. The Morgan fingerprint density at radius 3 is 2.50 bits per heavy atom. The molecule has 28 heavy (non-hydrogen) atoms. The Bertz CT molecular complexity index is 600. The first-order chi connectivity index (χ1) is 13.5. The van der Waals surface area contributed by atoms with Gasteiger partial charge in [-0.15, -0.1) is 0 Å². The lowest BCUT2D eigenvalue weighted by molar-refractivity contribution is -0.137. The lowest BCUT2D eigenvalue weighted by atomic mass is 9.87. The summed E-state index contributed by atoms with van der Waals surface area (Å²) < 4.78 is 0. The number of rotatable bonds is 12. The summed E-state index contributed by atoms with van der Waals surface area (Å²) in [7, 11) is 0. The van der Waals surface area contributed by atoms with E-state index in [-0.39, 0.29) is 18.3 Å². The molecule has 1 aromatic rings. The minimum atomic E-state index is -0.759. The summed E-state index contributed by atoms with van der Waals surface area (Å²) in [4.78, 5) is 10.5. The smallest absolute Gasteiger partial charge is 0.303 e. The minimum absolute atomic E-state index is 0.00736. The predicted octanol–water partition coefficient (Wildman–Crippen LogP) is 3.32. The molecule has 0 unspecified atom stereocenters. The van der Waals surface area contributed by atoms with Gasteiger partial charge in [0.1, 0.15) is 0 Å². The molecule has 0 spiro atoms. The Labute approximate surface area is 167 Å². The zero-order chi connectivity index (χ0) is 20.4. The Hall–Kier alpha value is -1.69. The maximum absolute atomic E-state index is 10.5. The number of aliphatic carboxylic acids is 1. The normalized spacial score (nSPS) is 26.0. The summed E-state index contributed by atoms with van der Waals surface area (Å²) in [6.45, 7) is 0. The van der Waals surface area contributed by atoms with Crippen LogP contribution in [0.5, 0.6) is 0 Å². The van der Waals surface area contributed by atoms with E-state index in [0.717, 1.165) is 32.1 Å². The fourth-order valence-electron chi connectivity index (χ4n) is 4.10. The molecule has 0 aromatic heterocycles. The highest BCUT2D eigenvalue weighted by molar-refractivity contribution is 5.66. The molecule has 1 aromatic carbocycles. The average molecular weight is 391 g/mol. The molecule has 1 aliphatic rings. The van der Waals surface area contributed by atoms with Gasteiger partial charge in [-0.2, -0.15) is 0 Å². The van der Waals surface area contributed by atoms with E-state index < -0.39 is 24.3 Å². The van der Waals surface area contributed by atoms with Crippen molar-refractivity contribution in [1.82, 2.24) is 0 Å². The third kappa shape index (κ3) is 7.74. The van der Waals surface area contributed by atoms with Gasteiger partial charge in [0.25, 0.3) is 0 Å². The van der Waals surface area contributed by atoms with Crippen molar-refractivity contribution in [2.75, 3.05) is 0 Å². The van der Waals surface area contributed by atoms with Crippen LogP contribution in [0.1, 0.15) is 56.9 Å². The van der Waals surface area contributed by atoms with Gasteiger partial charge in [-0.25, -0.2) is 0 Å².